The van der Waals surface area contributed by atoms with Gasteiger partial charge < -0.3 is 14.9 Å². The van der Waals surface area contributed by atoms with Crippen LogP contribution >= 0.6 is 0 Å². The second-order valence-electron chi connectivity index (χ2n) is 4.21. The van der Waals surface area contributed by atoms with E-state index in [2.05, 4.69) is 0 Å². The molecule has 3 nitrogen and oxygen atoms in total. The first-order chi connectivity index (χ1) is 8.65. The third-order valence-corrected chi connectivity index (χ3v) is 2.66. The van der Waals surface area contributed by atoms with Gasteiger partial charge in [0.1, 0.15) is 18.1 Å². The molecule has 0 aromatic heterocycles. The van der Waals surface area contributed by atoms with Gasteiger partial charge in [0.05, 0.1) is 6.10 Å². The predicted octanol–water partition coefficient (Wildman–Crippen LogP) is 3.02. The molecule has 2 aromatic rings. The zero-order valence-electron chi connectivity index (χ0n) is 10.2. The van der Waals surface area contributed by atoms with Crippen molar-refractivity contribution in [3.05, 3.63) is 59.7 Å². The van der Waals surface area contributed by atoms with Crippen LogP contribution in [0.25, 0.3) is 0 Å². The molecule has 0 amide bonds. The molecule has 2 rings (SSSR count). The summed E-state index contributed by atoms with van der Waals surface area (Å²) in [6, 6.07) is 14.3. The number of aliphatic hydroxyl groups is 1. The average Bonchev–Trinajstić information content (AvgIpc) is 2.37. The number of aromatic hydroxyl groups is 1. The van der Waals surface area contributed by atoms with Crippen molar-refractivity contribution < 1.29 is 14.9 Å². The highest BCUT2D eigenvalue weighted by Crippen LogP contribution is 2.20. The molecule has 0 aliphatic heterocycles. The standard InChI is InChI=1S/C15H16O3/c1-11(16)13-5-3-7-15(9-13)18-10-12-4-2-6-14(17)8-12/h2-9,11,16-17H,10H2,1H3/t11-/m1/s1. The molecule has 3 heteroatoms. The average molecular weight is 244 g/mol. The van der Waals surface area contributed by atoms with Gasteiger partial charge in [-0.05, 0) is 42.3 Å². The second-order valence-corrected chi connectivity index (χ2v) is 4.21. The van der Waals surface area contributed by atoms with E-state index < -0.39 is 6.10 Å². The van der Waals surface area contributed by atoms with Crippen molar-refractivity contribution in [2.24, 2.45) is 0 Å². The Labute approximate surface area is 106 Å². The molecule has 18 heavy (non-hydrogen) atoms. The van der Waals surface area contributed by atoms with Crippen molar-refractivity contribution in [3.8, 4) is 11.5 Å². The summed E-state index contributed by atoms with van der Waals surface area (Å²) in [4.78, 5) is 0. The number of benzene rings is 2. The van der Waals surface area contributed by atoms with Gasteiger partial charge in [-0.1, -0.05) is 24.3 Å². The van der Waals surface area contributed by atoms with Crippen molar-refractivity contribution in [1.29, 1.82) is 0 Å². The lowest BCUT2D eigenvalue weighted by Crippen LogP contribution is -1.97. The second kappa shape index (κ2) is 5.56. The van der Waals surface area contributed by atoms with Gasteiger partial charge in [0.15, 0.2) is 0 Å². The Morgan fingerprint density at radius 3 is 2.61 bits per heavy atom. The van der Waals surface area contributed by atoms with Crippen molar-refractivity contribution in [2.45, 2.75) is 19.6 Å². The molecule has 0 radical (unpaired) electrons. The maximum Gasteiger partial charge on any atom is 0.120 e. The van der Waals surface area contributed by atoms with Crippen molar-refractivity contribution >= 4 is 0 Å². The van der Waals surface area contributed by atoms with Crippen LogP contribution in [0, 0.1) is 0 Å². The maximum atomic E-state index is 9.48. The number of aliphatic hydroxyl groups excluding tert-OH is 1. The number of hydrogen-bond donors (Lipinski definition) is 2. The fraction of sp³-hybridized carbons (Fsp3) is 0.200. The van der Waals surface area contributed by atoms with Gasteiger partial charge >= 0.3 is 0 Å². The molecule has 0 saturated heterocycles. The van der Waals surface area contributed by atoms with E-state index in [-0.39, 0.29) is 5.75 Å². The molecule has 0 heterocycles. The Morgan fingerprint density at radius 1 is 1.11 bits per heavy atom. The first-order valence-electron chi connectivity index (χ1n) is 5.84. The molecule has 0 aliphatic carbocycles. The van der Waals surface area contributed by atoms with E-state index in [4.69, 9.17) is 4.74 Å². The fourth-order valence-corrected chi connectivity index (χ4v) is 1.68. The number of rotatable bonds is 4. The van der Waals surface area contributed by atoms with E-state index in [0.29, 0.717) is 12.4 Å². The van der Waals surface area contributed by atoms with Crippen LogP contribution in [-0.4, -0.2) is 10.2 Å². The minimum Gasteiger partial charge on any atom is -0.508 e. The normalized spacial score (nSPS) is 12.1. The van der Waals surface area contributed by atoms with Gasteiger partial charge in [0.25, 0.3) is 0 Å². The van der Waals surface area contributed by atoms with Gasteiger partial charge in [-0.2, -0.15) is 0 Å². The Morgan fingerprint density at radius 2 is 1.89 bits per heavy atom. The van der Waals surface area contributed by atoms with E-state index >= 15 is 0 Å². The Bertz CT molecular complexity index is 521. The van der Waals surface area contributed by atoms with Crippen LogP contribution in [0.1, 0.15) is 24.2 Å². The van der Waals surface area contributed by atoms with E-state index in [1.165, 1.54) is 0 Å². The zero-order chi connectivity index (χ0) is 13.0. The molecule has 0 unspecified atom stereocenters. The molecule has 0 spiro atoms. The number of phenolic OH excluding ortho intramolecular Hbond substituents is 1. The van der Waals surface area contributed by atoms with Gasteiger partial charge in [-0.15, -0.1) is 0 Å². The summed E-state index contributed by atoms with van der Waals surface area (Å²) in [5.74, 6) is 0.936. The predicted molar refractivity (Wildman–Crippen MR) is 69.5 cm³/mol. The lowest BCUT2D eigenvalue weighted by atomic mass is 10.1. The van der Waals surface area contributed by atoms with Gasteiger partial charge in [0, 0.05) is 0 Å². The molecule has 1 atom stereocenters. The summed E-state index contributed by atoms with van der Waals surface area (Å²) in [6.07, 6.45) is -0.505. The first kappa shape index (κ1) is 12.5. The minimum atomic E-state index is -0.505. The Hall–Kier alpha value is -2.00. The summed E-state index contributed by atoms with van der Waals surface area (Å²) in [6.45, 7) is 2.10. The minimum absolute atomic E-state index is 0.230. The Balaban J connectivity index is 2.04. The third kappa shape index (κ3) is 3.25. The molecule has 0 fully saturated rings. The van der Waals surface area contributed by atoms with E-state index in [0.717, 1.165) is 11.1 Å². The molecule has 0 saturated carbocycles. The highest BCUT2D eigenvalue weighted by Gasteiger charge is 2.02. The van der Waals surface area contributed by atoms with Crippen molar-refractivity contribution in [1.82, 2.24) is 0 Å². The summed E-state index contributed by atoms with van der Waals surface area (Å²) in [7, 11) is 0. The molecular weight excluding hydrogens is 228 g/mol. The van der Waals surface area contributed by atoms with Crippen molar-refractivity contribution in [3.63, 3.8) is 0 Å². The molecular formula is C15H16O3. The lowest BCUT2D eigenvalue weighted by Gasteiger charge is -2.09. The summed E-state index contributed by atoms with van der Waals surface area (Å²) >= 11 is 0. The monoisotopic (exact) mass is 244 g/mol. The van der Waals surface area contributed by atoms with Crippen LogP contribution < -0.4 is 4.74 Å². The Kier molecular flexibility index (Phi) is 3.85. The molecule has 94 valence electrons. The summed E-state index contributed by atoms with van der Waals surface area (Å²) < 4.78 is 5.62. The van der Waals surface area contributed by atoms with E-state index in [9.17, 15) is 10.2 Å². The van der Waals surface area contributed by atoms with Crippen LogP contribution in [0.4, 0.5) is 0 Å². The number of phenols is 1. The third-order valence-electron chi connectivity index (χ3n) is 2.66. The molecule has 2 aromatic carbocycles. The number of ether oxygens (including phenoxy) is 1. The molecule has 0 aliphatic rings. The fourth-order valence-electron chi connectivity index (χ4n) is 1.68. The highest BCUT2D eigenvalue weighted by atomic mass is 16.5. The van der Waals surface area contributed by atoms with Crippen LogP contribution in [0.3, 0.4) is 0 Å². The first-order valence-corrected chi connectivity index (χ1v) is 5.84. The maximum absolute atomic E-state index is 9.48. The highest BCUT2D eigenvalue weighted by molar-refractivity contribution is 5.31. The van der Waals surface area contributed by atoms with Crippen LogP contribution in [0.15, 0.2) is 48.5 Å². The van der Waals surface area contributed by atoms with Crippen molar-refractivity contribution in [2.75, 3.05) is 0 Å². The quantitative estimate of drug-likeness (QED) is 0.869. The molecule has 0 bridgehead atoms. The topological polar surface area (TPSA) is 49.7 Å². The van der Waals surface area contributed by atoms with Gasteiger partial charge in [0.2, 0.25) is 0 Å². The smallest absolute Gasteiger partial charge is 0.120 e. The van der Waals surface area contributed by atoms with E-state index in [1.807, 2.05) is 30.3 Å². The van der Waals surface area contributed by atoms with Crippen LogP contribution in [0.5, 0.6) is 11.5 Å². The summed E-state index contributed by atoms with van der Waals surface area (Å²) in [5.41, 5.74) is 1.72. The van der Waals surface area contributed by atoms with Gasteiger partial charge in [-0.25, -0.2) is 0 Å². The number of hydrogen-bond acceptors (Lipinski definition) is 3. The van der Waals surface area contributed by atoms with Crippen LogP contribution in [-0.2, 0) is 6.61 Å². The SMILES string of the molecule is C[C@@H](O)c1cccc(OCc2cccc(O)c2)c1. The van der Waals surface area contributed by atoms with E-state index in [1.54, 1.807) is 25.1 Å². The van der Waals surface area contributed by atoms with Gasteiger partial charge in [-0.3, -0.25) is 0 Å². The largest absolute Gasteiger partial charge is 0.508 e. The molecule has 2 N–H and O–H groups in total. The summed E-state index contributed by atoms with van der Waals surface area (Å²) in [5, 5.41) is 18.8. The van der Waals surface area contributed by atoms with Crippen LogP contribution in [0.2, 0.25) is 0 Å². The zero-order valence-corrected chi connectivity index (χ0v) is 10.2. The lowest BCUT2D eigenvalue weighted by molar-refractivity contribution is 0.198.